The van der Waals surface area contributed by atoms with E-state index in [-0.39, 0.29) is 0 Å². The van der Waals surface area contributed by atoms with Gasteiger partial charge >= 0.3 is 0 Å². The van der Waals surface area contributed by atoms with Crippen molar-refractivity contribution >= 4 is 0 Å². The molecule has 0 bridgehead atoms. The highest BCUT2D eigenvalue weighted by Gasteiger charge is 2.07. The largest absolute Gasteiger partial charge is 0.313 e. The maximum absolute atomic E-state index is 5.21. The van der Waals surface area contributed by atoms with Crippen LogP contribution in [0.5, 0.6) is 0 Å². The molecule has 0 saturated carbocycles. The van der Waals surface area contributed by atoms with Gasteiger partial charge in [-0.3, -0.25) is 4.98 Å². The van der Waals surface area contributed by atoms with Crippen molar-refractivity contribution in [3.05, 3.63) is 30.1 Å². The molecule has 1 heterocycles. The fourth-order valence-corrected chi connectivity index (χ4v) is 1.47. The van der Waals surface area contributed by atoms with E-state index in [1.807, 2.05) is 19.3 Å². The molecule has 0 saturated heterocycles. The topological polar surface area (TPSA) is 24.9 Å². The molecule has 14 heavy (non-hydrogen) atoms. The molecule has 2 nitrogen and oxygen atoms in total. The number of aromatic nitrogens is 1. The number of terminal acetylenes is 1. The summed E-state index contributed by atoms with van der Waals surface area (Å²) in [6.45, 7) is 0. The second-order valence-electron chi connectivity index (χ2n) is 3.22. The second-order valence-corrected chi connectivity index (χ2v) is 3.22. The third-order valence-electron chi connectivity index (χ3n) is 2.25. The number of unbranched alkanes of at least 4 members (excludes halogenated alkanes) is 1. The molecule has 0 aliphatic rings. The first-order chi connectivity index (χ1) is 6.88. The van der Waals surface area contributed by atoms with Gasteiger partial charge in [-0.2, -0.15) is 0 Å². The van der Waals surface area contributed by atoms with E-state index in [1.165, 1.54) is 5.56 Å². The molecule has 0 spiro atoms. The maximum atomic E-state index is 5.21. The second kappa shape index (κ2) is 6.17. The van der Waals surface area contributed by atoms with Crippen molar-refractivity contribution in [1.29, 1.82) is 0 Å². The van der Waals surface area contributed by atoms with Crippen molar-refractivity contribution in [3.63, 3.8) is 0 Å². The van der Waals surface area contributed by atoms with Crippen LogP contribution in [0.25, 0.3) is 0 Å². The first-order valence-corrected chi connectivity index (χ1v) is 4.89. The monoisotopic (exact) mass is 188 g/mol. The molecule has 0 radical (unpaired) electrons. The summed E-state index contributed by atoms with van der Waals surface area (Å²) in [5, 5.41) is 3.27. The van der Waals surface area contributed by atoms with Crippen molar-refractivity contribution in [3.8, 4) is 12.3 Å². The van der Waals surface area contributed by atoms with Crippen LogP contribution >= 0.6 is 0 Å². The van der Waals surface area contributed by atoms with Crippen LogP contribution in [-0.4, -0.2) is 12.0 Å². The maximum Gasteiger partial charge on any atom is 0.0333 e. The molecule has 0 aliphatic carbocycles. The van der Waals surface area contributed by atoms with E-state index in [1.54, 1.807) is 6.20 Å². The molecule has 0 fully saturated rings. The molecule has 0 aliphatic heterocycles. The number of nitrogens with zero attached hydrogens (tertiary/aromatic N) is 1. The number of rotatable bonds is 5. The smallest absolute Gasteiger partial charge is 0.0333 e. The fourth-order valence-electron chi connectivity index (χ4n) is 1.47. The molecule has 1 aromatic heterocycles. The third kappa shape index (κ3) is 3.20. The number of pyridine rings is 1. The van der Waals surface area contributed by atoms with E-state index in [2.05, 4.69) is 22.3 Å². The number of hydrogen-bond donors (Lipinski definition) is 1. The lowest BCUT2D eigenvalue weighted by Gasteiger charge is -2.15. The van der Waals surface area contributed by atoms with Crippen LogP contribution < -0.4 is 5.32 Å². The Labute approximate surface area is 85.8 Å². The van der Waals surface area contributed by atoms with Gasteiger partial charge in [-0.1, -0.05) is 6.07 Å². The summed E-state index contributed by atoms with van der Waals surface area (Å²) in [6.07, 6.45) is 11.9. The van der Waals surface area contributed by atoms with Crippen molar-refractivity contribution in [2.45, 2.75) is 25.3 Å². The van der Waals surface area contributed by atoms with Gasteiger partial charge in [0.25, 0.3) is 0 Å². The van der Waals surface area contributed by atoms with E-state index in [0.29, 0.717) is 6.04 Å². The van der Waals surface area contributed by atoms with Gasteiger partial charge in [0.1, 0.15) is 0 Å². The standard InChI is InChI=1S/C12H16N2/c1-3-4-5-8-12(13-2)11-7-6-9-14-10-11/h1,6-7,9-10,12-13H,4-5,8H2,2H3. The van der Waals surface area contributed by atoms with Gasteiger partial charge in [0.05, 0.1) is 0 Å². The molecule has 1 unspecified atom stereocenters. The molecular weight excluding hydrogens is 172 g/mol. The summed E-state index contributed by atoms with van der Waals surface area (Å²) in [7, 11) is 1.97. The van der Waals surface area contributed by atoms with Crippen molar-refractivity contribution in [1.82, 2.24) is 10.3 Å². The molecule has 1 aromatic rings. The van der Waals surface area contributed by atoms with E-state index in [4.69, 9.17) is 6.42 Å². The first-order valence-electron chi connectivity index (χ1n) is 4.89. The summed E-state index contributed by atoms with van der Waals surface area (Å²) >= 11 is 0. The first kappa shape index (κ1) is 10.7. The summed E-state index contributed by atoms with van der Waals surface area (Å²) in [5.41, 5.74) is 1.23. The van der Waals surface area contributed by atoms with Crippen molar-refractivity contribution in [2.24, 2.45) is 0 Å². The minimum atomic E-state index is 0.372. The predicted molar refractivity (Wildman–Crippen MR) is 58.7 cm³/mol. The van der Waals surface area contributed by atoms with E-state index >= 15 is 0 Å². The molecule has 1 atom stereocenters. The normalized spacial score (nSPS) is 12.0. The predicted octanol–water partition coefficient (Wildman–Crippen LogP) is 2.15. The average molecular weight is 188 g/mol. The van der Waals surface area contributed by atoms with Gasteiger partial charge in [0.2, 0.25) is 0 Å². The van der Waals surface area contributed by atoms with Crippen LogP contribution in [0, 0.1) is 12.3 Å². The zero-order valence-electron chi connectivity index (χ0n) is 8.53. The Kier molecular flexibility index (Phi) is 4.74. The molecule has 1 N–H and O–H groups in total. The van der Waals surface area contributed by atoms with Crippen LogP contribution in [0.3, 0.4) is 0 Å². The van der Waals surface area contributed by atoms with Gasteiger partial charge in [0, 0.05) is 24.9 Å². The highest BCUT2D eigenvalue weighted by Crippen LogP contribution is 2.17. The van der Waals surface area contributed by atoms with Gasteiger partial charge in [0.15, 0.2) is 0 Å². The lowest BCUT2D eigenvalue weighted by Crippen LogP contribution is -2.16. The number of hydrogen-bond acceptors (Lipinski definition) is 2. The SMILES string of the molecule is C#CCCCC(NC)c1cccnc1. The van der Waals surface area contributed by atoms with Crippen LogP contribution in [0.2, 0.25) is 0 Å². The van der Waals surface area contributed by atoms with Gasteiger partial charge in [-0.15, -0.1) is 12.3 Å². The average Bonchev–Trinajstić information content (AvgIpc) is 2.26. The minimum absolute atomic E-state index is 0.372. The Morgan fingerprint density at radius 1 is 1.64 bits per heavy atom. The Morgan fingerprint density at radius 2 is 2.50 bits per heavy atom. The minimum Gasteiger partial charge on any atom is -0.313 e. The zero-order chi connectivity index (χ0) is 10.2. The number of nitrogens with one attached hydrogen (secondary N) is 1. The molecule has 2 heteroatoms. The van der Waals surface area contributed by atoms with Crippen LogP contribution in [0.4, 0.5) is 0 Å². The Morgan fingerprint density at radius 3 is 3.07 bits per heavy atom. The molecule has 74 valence electrons. The lowest BCUT2D eigenvalue weighted by molar-refractivity contribution is 0.530. The summed E-state index contributed by atoms with van der Waals surface area (Å²) < 4.78 is 0. The van der Waals surface area contributed by atoms with Gasteiger partial charge in [-0.05, 0) is 31.5 Å². The highest BCUT2D eigenvalue weighted by molar-refractivity contribution is 5.13. The fraction of sp³-hybridized carbons (Fsp3) is 0.417. The third-order valence-corrected chi connectivity index (χ3v) is 2.25. The van der Waals surface area contributed by atoms with E-state index < -0.39 is 0 Å². The quantitative estimate of drug-likeness (QED) is 0.565. The lowest BCUT2D eigenvalue weighted by atomic mass is 10.0. The molecule has 0 aromatic carbocycles. The summed E-state index contributed by atoms with van der Waals surface area (Å²) in [5.74, 6) is 2.66. The van der Waals surface area contributed by atoms with Crippen molar-refractivity contribution in [2.75, 3.05) is 7.05 Å². The Balaban J connectivity index is 2.51. The summed E-state index contributed by atoms with van der Waals surface area (Å²) in [6, 6.07) is 4.42. The van der Waals surface area contributed by atoms with E-state index in [0.717, 1.165) is 19.3 Å². The van der Waals surface area contributed by atoms with Gasteiger partial charge in [-0.25, -0.2) is 0 Å². The zero-order valence-corrected chi connectivity index (χ0v) is 8.53. The van der Waals surface area contributed by atoms with Crippen LogP contribution in [-0.2, 0) is 0 Å². The molecule has 1 rings (SSSR count). The molecule has 0 amide bonds. The Hall–Kier alpha value is -1.33. The van der Waals surface area contributed by atoms with Crippen LogP contribution in [0.15, 0.2) is 24.5 Å². The summed E-state index contributed by atoms with van der Waals surface area (Å²) in [4.78, 5) is 4.10. The highest BCUT2D eigenvalue weighted by atomic mass is 14.9. The Bertz CT molecular complexity index is 287. The molecular formula is C12H16N2. The van der Waals surface area contributed by atoms with Crippen molar-refractivity contribution < 1.29 is 0 Å². The van der Waals surface area contributed by atoms with Crippen LogP contribution in [0.1, 0.15) is 30.9 Å². The van der Waals surface area contributed by atoms with Gasteiger partial charge < -0.3 is 5.32 Å². The van der Waals surface area contributed by atoms with E-state index in [9.17, 15) is 0 Å².